The average molecular weight is 365 g/mol. The van der Waals surface area contributed by atoms with Gasteiger partial charge in [0.05, 0.1) is 11.0 Å². The Kier molecular flexibility index (Phi) is 5.05. The van der Waals surface area contributed by atoms with Crippen molar-refractivity contribution in [3.8, 4) is 0 Å². The first kappa shape index (κ1) is 17.4. The van der Waals surface area contributed by atoms with E-state index in [1.807, 2.05) is 0 Å². The molecule has 1 aromatic heterocycles. The van der Waals surface area contributed by atoms with E-state index in [-0.39, 0.29) is 22.7 Å². The molecule has 25 heavy (non-hydrogen) atoms. The first-order valence-corrected chi connectivity index (χ1v) is 9.38. The predicted octanol–water partition coefficient (Wildman–Crippen LogP) is 1.69. The second kappa shape index (κ2) is 7.24. The maximum Gasteiger partial charge on any atom is 0.263 e. The van der Waals surface area contributed by atoms with Crippen molar-refractivity contribution in [2.45, 2.75) is 30.8 Å². The Morgan fingerprint density at radius 2 is 2.08 bits per heavy atom. The third-order valence-corrected chi connectivity index (χ3v) is 5.18. The van der Waals surface area contributed by atoms with E-state index in [1.165, 1.54) is 30.3 Å². The number of sulfonamides is 1. The Balaban J connectivity index is 1.63. The molecular weight excluding hydrogens is 346 g/mol. The van der Waals surface area contributed by atoms with Crippen LogP contribution in [0.25, 0.3) is 0 Å². The number of hydrogen-bond acceptors (Lipinski definition) is 6. The Morgan fingerprint density at radius 1 is 1.32 bits per heavy atom. The highest BCUT2D eigenvalue weighted by atomic mass is 32.2. The first-order valence-electron chi connectivity index (χ1n) is 7.90. The van der Waals surface area contributed by atoms with Crippen molar-refractivity contribution in [2.75, 3.05) is 17.9 Å². The fourth-order valence-electron chi connectivity index (χ4n) is 2.51. The molecule has 2 N–H and O–H groups in total. The summed E-state index contributed by atoms with van der Waals surface area (Å²) in [5.41, 5.74) is 0.384. The number of hydrogen-bond donors (Lipinski definition) is 2. The Bertz CT molecular complexity index is 839. The number of aromatic nitrogens is 1. The molecule has 134 valence electrons. The summed E-state index contributed by atoms with van der Waals surface area (Å²) in [4.78, 5) is 12.1. The van der Waals surface area contributed by atoms with Gasteiger partial charge in [-0.15, -0.1) is 0 Å². The summed E-state index contributed by atoms with van der Waals surface area (Å²) in [5.74, 6) is 0.339. The summed E-state index contributed by atoms with van der Waals surface area (Å²) in [6.07, 6.45) is 1.99. The van der Waals surface area contributed by atoms with Gasteiger partial charge in [-0.1, -0.05) is 5.16 Å². The number of carbonyl (C=O) groups is 1. The molecule has 0 aliphatic carbocycles. The molecule has 1 fully saturated rings. The fourth-order valence-corrected chi connectivity index (χ4v) is 3.49. The summed E-state index contributed by atoms with van der Waals surface area (Å²) < 4.78 is 37.2. The first-order chi connectivity index (χ1) is 11.9. The van der Waals surface area contributed by atoms with Gasteiger partial charge in [0.1, 0.15) is 5.76 Å². The van der Waals surface area contributed by atoms with Crippen molar-refractivity contribution in [2.24, 2.45) is 0 Å². The van der Waals surface area contributed by atoms with Crippen LogP contribution in [0.3, 0.4) is 0 Å². The lowest BCUT2D eigenvalue weighted by atomic mass is 10.2. The van der Waals surface area contributed by atoms with Crippen LogP contribution in [0.15, 0.2) is 39.8 Å². The fraction of sp³-hybridized carbons (Fsp3) is 0.375. The molecule has 1 atom stereocenters. The molecule has 1 unspecified atom stereocenters. The van der Waals surface area contributed by atoms with E-state index in [9.17, 15) is 13.2 Å². The highest BCUT2D eigenvalue weighted by Crippen LogP contribution is 2.17. The molecule has 1 aliphatic rings. The zero-order chi connectivity index (χ0) is 17.9. The SMILES string of the molecule is Cc1cc(NS(=O)(=O)c2ccc(C(=O)NCC3CCCO3)cc2)no1. The van der Waals surface area contributed by atoms with Gasteiger partial charge in [-0.3, -0.25) is 9.52 Å². The second-order valence-corrected chi connectivity index (χ2v) is 7.48. The highest BCUT2D eigenvalue weighted by molar-refractivity contribution is 7.92. The van der Waals surface area contributed by atoms with Crippen LogP contribution in [-0.2, 0) is 14.8 Å². The molecule has 0 saturated carbocycles. The number of ether oxygens (including phenoxy) is 1. The van der Waals surface area contributed by atoms with E-state index in [4.69, 9.17) is 9.26 Å². The molecular formula is C16H19N3O5S. The molecule has 0 radical (unpaired) electrons. The quantitative estimate of drug-likeness (QED) is 0.806. The number of carbonyl (C=O) groups excluding carboxylic acids is 1. The summed E-state index contributed by atoms with van der Waals surface area (Å²) >= 11 is 0. The maximum absolute atomic E-state index is 12.3. The molecule has 8 nitrogen and oxygen atoms in total. The summed E-state index contributed by atoms with van der Waals surface area (Å²) in [6, 6.07) is 7.15. The smallest absolute Gasteiger partial charge is 0.263 e. The number of aryl methyl sites for hydroxylation is 1. The number of rotatable bonds is 6. The van der Waals surface area contributed by atoms with E-state index in [0.29, 0.717) is 17.9 Å². The van der Waals surface area contributed by atoms with Crippen LogP contribution in [-0.4, -0.2) is 38.7 Å². The van der Waals surface area contributed by atoms with E-state index >= 15 is 0 Å². The molecule has 3 rings (SSSR count). The monoisotopic (exact) mass is 365 g/mol. The van der Waals surface area contributed by atoms with Crippen LogP contribution >= 0.6 is 0 Å². The van der Waals surface area contributed by atoms with Crippen LogP contribution in [0.2, 0.25) is 0 Å². The van der Waals surface area contributed by atoms with Gasteiger partial charge >= 0.3 is 0 Å². The van der Waals surface area contributed by atoms with Crippen LogP contribution in [0.1, 0.15) is 29.0 Å². The van der Waals surface area contributed by atoms with Gasteiger partial charge in [0, 0.05) is 24.8 Å². The van der Waals surface area contributed by atoms with Gasteiger partial charge < -0.3 is 14.6 Å². The zero-order valence-electron chi connectivity index (χ0n) is 13.7. The number of nitrogens with zero attached hydrogens (tertiary/aromatic N) is 1. The minimum absolute atomic E-state index is 0.0313. The summed E-state index contributed by atoms with van der Waals surface area (Å²) in [7, 11) is -3.79. The molecule has 2 heterocycles. The highest BCUT2D eigenvalue weighted by Gasteiger charge is 2.19. The van der Waals surface area contributed by atoms with Crippen molar-refractivity contribution in [1.29, 1.82) is 0 Å². The molecule has 2 aromatic rings. The van der Waals surface area contributed by atoms with E-state index < -0.39 is 10.0 Å². The Morgan fingerprint density at radius 3 is 2.68 bits per heavy atom. The van der Waals surface area contributed by atoms with Gasteiger partial charge in [-0.05, 0) is 44.0 Å². The molecule has 1 saturated heterocycles. The largest absolute Gasteiger partial charge is 0.376 e. The number of anilines is 1. The number of amides is 1. The lowest BCUT2D eigenvalue weighted by molar-refractivity contribution is 0.0857. The molecule has 0 spiro atoms. The lowest BCUT2D eigenvalue weighted by Crippen LogP contribution is -2.31. The van der Waals surface area contributed by atoms with Gasteiger partial charge in [0.25, 0.3) is 15.9 Å². The molecule has 1 aromatic carbocycles. The van der Waals surface area contributed by atoms with Gasteiger partial charge in [-0.25, -0.2) is 8.42 Å². The third-order valence-electron chi connectivity index (χ3n) is 3.81. The van der Waals surface area contributed by atoms with Gasteiger partial charge in [0.2, 0.25) is 0 Å². The average Bonchev–Trinajstić information content (AvgIpc) is 3.24. The van der Waals surface area contributed by atoms with Crippen LogP contribution in [0.4, 0.5) is 5.82 Å². The molecule has 9 heteroatoms. The zero-order valence-corrected chi connectivity index (χ0v) is 14.5. The summed E-state index contributed by atoms with van der Waals surface area (Å²) in [5, 5.41) is 6.38. The van der Waals surface area contributed by atoms with Crippen molar-refractivity contribution in [1.82, 2.24) is 10.5 Å². The standard InChI is InChI=1S/C16H19N3O5S/c1-11-9-15(18-24-11)19-25(21,22)14-6-4-12(5-7-14)16(20)17-10-13-3-2-8-23-13/h4-7,9,13H,2-3,8,10H2,1H3,(H,17,20)(H,18,19). The van der Waals surface area contributed by atoms with Gasteiger partial charge in [0.15, 0.2) is 5.82 Å². The molecule has 1 amide bonds. The van der Waals surface area contributed by atoms with Crippen molar-refractivity contribution >= 4 is 21.7 Å². The normalized spacial score (nSPS) is 17.4. The number of nitrogens with one attached hydrogen (secondary N) is 2. The molecule has 1 aliphatic heterocycles. The summed E-state index contributed by atoms with van der Waals surface area (Å²) in [6.45, 7) is 2.84. The van der Waals surface area contributed by atoms with Crippen molar-refractivity contribution < 1.29 is 22.5 Å². The minimum atomic E-state index is -3.79. The second-order valence-electron chi connectivity index (χ2n) is 5.80. The topological polar surface area (TPSA) is 111 Å². The van der Waals surface area contributed by atoms with Crippen molar-refractivity contribution in [3.05, 3.63) is 41.7 Å². The molecule has 0 bridgehead atoms. The Hall–Kier alpha value is -2.39. The maximum atomic E-state index is 12.3. The predicted molar refractivity (Wildman–Crippen MR) is 89.8 cm³/mol. The third kappa shape index (κ3) is 4.37. The van der Waals surface area contributed by atoms with Crippen LogP contribution < -0.4 is 10.0 Å². The number of benzene rings is 1. The van der Waals surface area contributed by atoms with Gasteiger partial charge in [-0.2, -0.15) is 0 Å². The lowest BCUT2D eigenvalue weighted by Gasteiger charge is -2.11. The van der Waals surface area contributed by atoms with Crippen LogP contribution in [0, 0.1) is 6.92 Å². The Labute approximate surface area is 145 Å². The van der Waals surface area contributed by atoms with Crippen LogP contribution in [0.5, 0.6) is 0 Å². The van der Waals surface area contributed by atoms with E-state index in [1.54, 1.807) is 6.92 Å². The minimum Gasteiger partial charge on any atom is -0.376 e. The van der Waals surface area contributed by atoms with E-state index in [2.05, 4.69) is 15.2 Å². The van der Waals surface area contributed by atoms with Crippen molar-refractivity contribution in [3.63, 3.8) is 0 Å². The van der Waals surface area contributed by atoms with E-state index in [0.717, 1.165) is 19.4 Å².